The first-order valence-corrected chi connectivity index (χ1v) is 7.69. The number of carbonyl (C=O) groups is 2. The topological polar surface area (TPSA) is 88.5 Å². The van der Waals surface area contributed by atoms with E-state index in [1.165, 1.54) is 0 Å². The number of anilines is 1. The number of amides is 1. The molecule has 0 aliphatic carbocycles. The number of nitrogens with one attached hydrogen (secondary N) is 1. The second-order valence-electron chi connectivity index (χ2n) is 4.86. The van der Waals surface area contributed by atoms with E-state index in [1.54, 1.807) is 12.1 Å². The summed E-state index contributed by atoms with van der Waals surface area (Å²) in [6.07, 6.45) is 1.05. The fourth-order valence-electron chi connectivity index (χ4n) is 2.28. The molecular weight excluding hydrogens is 304 g/mol. The van der Waals surface area contributed by atoms with Crippen LogP contribution in [0.25, 0.3) is 11.3 Å². The summed E-state index contributed by atoms with van der Waals surface area (Å²) in [6, 6.07) is 9.03. The second kappa shape index (κ2) is 6.25. The van der Waals surface area contributed by atoms with Crippen molar-refractivity contribution in [2.45, 2.75) is 18.9 Å². The molecule has 2 aromatic rings. The first-order chi connectivity index (χ1) is 10.6. The Hall–Kier alpha value is -2.25. The van der Waals surface area contributed by atoms with Gasteiger partial charge < -0.3 is 9.84 Å². The molecule has 1 aromatic heterocycles. The van der Waals surface area contributed by atoms with Crippen molar-refractivity contribution in [1.29, 1.82) is 0 Å². The summed E-state index contributed by atoms with van der Waals surface area (Å²) in [6.45, 7) is 0.575. The average Bonchev–Trinajstić information content (AvgIpc) is 3.17. The largest absolute Gasteiger partial charge is 0.477 e. The van der Waals surface area contributed by atoms with Crippen LogP contribution in [0.4, 0.5) is 5.13 Å². The Morgan fingerprint density at radius 1 is 1.32 bits per heavy atom. The highest BCUT2D eigenvalue weighted by Crippen LogP contribution is 2.31. The molecule has 1 unspecified atom stereocenters. The van der Waals surface area contributed by atoms with Gasteiger partial charge in [0.25, 0.3) is 5.91 Å². The van der Waals surface area contributed by atoms with Crippen molar-refractivity contribution in [3.05, 3.63) is 35.2 Å². The van der Waals surface area contributed by atoms with E-state index in [-0.39, 0.29) is 15.9 Å². The van der Waals surface area contributed by atoms with Gasteiger partial charge in [-0.05, 0) is 12.8 Å². The predicted molar refractivity (Wildman–Crippen MR) is 82.1 cm³/mol. The molecule has 1 aliphatic heterocycles. The lowest BCUT2D eigenvalue weighted by molar-refractivity contribution is -0.124. The summed E-state index contributed by atoms with van der Waals surface area (Å²) in [5.74, 6) is -1.34. The summed E-state index contributed by atoms with van der Waals surface area (Å²) in [7, 11) is 0. The van der Waals surface area contributed by atoms with Gasteiger partial charge in [-0.25, -0.2) is 9.78 Å². The Bertz CT molecular complexity index is 693. The maximum Gasteiger partial charge on any atom is 0.348 e. The van der Waals surface area contributed by atoms with E-state index < -0.39 is 12.1 Å². The van der Waals surface area contributed by atoms with Crippen molar-refractivity contribution in [3.63, 3.8) is 0 Å². The predicted octanol–water partition coefficient (Wildman–Crippen LogP) is 2.63. The number of hydrogen-bond donors (Lipinski definition) is 2. The van der Waals surface area contributed by atoms with Crippen LogP contribution < -0.4 is 5.32 Å². The maximum absolute atomic E-state index is 12.0. The number of carboxylic acids is 1. The molecule has 0 saturated carbocycles. The molecule has 0 radical (unpaired) electrons. The SMILES string of the molecule is O=C(O)c1sc(NC(=O)C2CCCO2)nc1-c1ccccc1. The number of aromatic nitrogens is 1. The van der Waals surface area contributed by atoms with E-state index >= 15 is 0 Å². The summed E-state index contributed by atoms with van der Waals surface area (Å²) in [5.41, 5.74) is 1.06. The van der Waals surface area contributed by atoms with Crippen LogP contribution in [-0.2, 0) is 9.53 Å². The minimum Gasteiger partial charge on any atom is -0.477 e. The Labute approximate surface area is 130 Å². The zero-order chi connectivity index (χ0) is 15.5. The van der Waals surface area contributed by atoms with Gasteiger partial charge >= 0.3 is 5.97 Å². The van der Waals surface area contributed by atoms with Crippen molar-refractivity contribution in [2.75, 3.05) is 11.9 Å². The third kappa shape index (κ3) is 3.00. The average molecular weight is 318 g/mol. The normalized spacial score (nSPS) is 17.4. The van der Waals surface area contributed by atoms with Gasteiger partial charge in [-0.1, -0.05) is 41.7 Å². The molecule has 1 aliphatic rings. The lowest BCUT2D eigenvalue weighted by Gasteiger charge is -2.07. The lowest BCUT2D eigenvalue weighted by atomic mass is 10.1. The van der Waals surface area contributed by atoms with E-state index in [4.69, 9.17) is 4.74 Å². The van der Waals surface area contributed by atoms with Gasteiger partial charge in [-0.3, -0.25) is 10.1 Å². The number of carbonyl (C=O) groups excluding carboxylic acids is 1. The molecule has 2 heterocycles. The van der Waals surface area contributed by atoms with E-state index in [0.717, 1.165) is 17.8 Å². The molecule has 6 nitrogen and oxygen atoms in total. The van der Waals surface area contributed by atoms with Gasteiger partial charge in [0.05, 0.1) is 5.69 Å². The molecular formula is C15H14N2O4S. The van der Waals surface area contributed by atoms with Gasteiger partial charge in [0.2, 0.25) is 0 Å². The first-order valence-electron chi connectivity index (χ1n) is 6.87. The van der Waals surface area contributed by atoms with Crippen LogP contribution in [0.15, 0.2) is 30.3 Å². The van der Waals surface area contributed by atoms with Gasteiger partial charge in [0.1, 0.15) is 11.0 Å². The Balaban J connectivity index is 1.87. The molecule has 1 saturated heterocycles. The zero-order valence-electron chi connectivity index (χ0n) is 11.6. The molecule has 0 bridgehead atoms. The van der Waals surface area contributed by atoms with Gasteiger partial charge in [-0.15, -0.1) is 0 Å². The van der Waals surface area contributed by atoms with Crippen LogP contribution in [0.1, 0.15) is 22.5 Å². The minimum atomic E-state index is -1.06. The summed E-state index contributed by atoms with van der Waals surface area (Å²) in [5, 5.41) is 12.2. The second-order valence-corrected chi connectivity index (χ2v) is 5.86. The summed E-state index contributed by atoms with van der Waals surface area (Å²) in [4.78, 5) is 27.8. The Morgan fingerprint density at radius 2 is 2.09 bits per heavy atom. The number of nitrogens with zero attached hydrogens (tertiary/aromatic N) is 1. The van der Waals surface area contributed by atoms with E-state index in [1.807, 2.05) is 18.2 Å². The van der Waals surface area contributed by atoms with E-state index in [0.29, 0.717) is 24.3 Å². The molecule has 0 spiro atoms. The van der Waals surface area contributed by atoms with Crippen molar-refractivity contribution in [2.24, 2.45) is 0 Å². The van der Waals surface area contributed by atoms with Crippen LogP contribution in [0.2, 0.25) is 0 Å². The molecule has 7 heteroatoms. The highest BCUT2D eigenvalue weighted by molar-refractivity contribution is 7.18. The molecule has 114 valence electrons. The van der Waals surface area contributed by atoms with Gasteiger partial charge in [-0.2, -0.15) is 0 Å². The molecule has 2 N–H and O–H groups in total. The van der Waals surface area contributed by atoms with Crippen LogP contribution >= 0.6 is 11.3 Å². The quantitative estimate of drug-likeness (QED) is 0.904. The molecule has 1 atom stereocenters. The fourth-order valence-corrected chi connectivity index (χ4v) is 3.11. The van der Waals surface area contributed by atoms with Crippen LogP contribution in [-0.4, -0.2) is 34.7 Å². The molecule has 1 amide bonds. The Morgan fingerprint density at radius 3 is 2.73 bits per heavy atom. The summed E-state index contributed by atoms with van der Waals surface area (Å²) >= 11 is 0.951. The number of hydrogen-bond acceptors (Lipinski definition) is 5. The monoisotopic (exact) mass is 318 g/mol. The van der Waals surface area contributed by atoms with Crippen LogP contribution in [0.5, 0.6) is 0 Å². The van der Waals surface area contributed by atoms with E-state index in [9.17, 15) is 14.7 Å². The number of thiazole rings is 1. The molecule has 1 aromatic carbocycles. The van der Waals surface area contributed by atoms with Gasteiger partial charge in [0.15, 0.2) is 5.13 Å². The first kappa shape index (κ1) is 14.7. The number of benzene rings is 1. The molecule has 1 fully saturated rings. The Kier molecular flexibility index (Phi) is 4.17. The van der Waals surface area contributed by atoms with Crippen LogP contribution in [0.3, 0.4) is 0 Å². The lowest BCUT2D eigenvalue weighted by Crippen LogP contribution is -2.26. The van der Waals surface area contributed by atoms with Gasteiger partial charge in [0, 0.05) is 12.2 Å². The summed E-state index contributed by atoms with van der Waals surface area (Å²) < 4.78 is 5.30. The van der Waals surface area contributed by atoms with Crippen molar-refractivity contribution in [3.8, 4) is 11.3 Å². The number of ether oxygens (including phenoxy) is 1. The fraction of sp³-hybridized carbons (Fsp3) is 0.267. The maximum atomic E-state index is 12.0. The van der Waals surface area contributed by atoms with Crippen molar-refractivity contribution in [1.82, 2.24) is 4.98 Å². The smallest absolute Gasteiger partial charge is 0.348 e. The minimum absolute atomic E-state index is 0.105. The molecule has 22 heavy (non-hydrogen) atoms. The third-order valence-corrected chi connectivity index (χ3v) is 4.28. The third-order valence-electron chi connectivity index (χ3n) is 3.32. The number of carboxylic acid groups (broad SMARTS) is 1. The number of rotatable bonds is 4. The van der Waals surface area contributed by atoms with Crippen molar-refractivity contribution < 1.29 is 19.4 Å². The van der Waals surface area contributed by atoms with Crippen molar-refractivity contribution >= 4 is 28.3 Å². The van der Waals surface area contributed by atoms with Crippen LogP contribution in [0, 0.1) is 0 Å². The zero-order valence-corrected chi connectivity index (χ0v) is 12.4. The molecule has 3 rings (SSSR count). The highest BCUT2D eigenvalue weighted by atomic mass is 32.1. The standard InChI is InChI=1S/C15H14N2O4S/c18-13(10-7-4-8-21-10)17-15-16-11(12(22-15)14(19)20)9-5-2-1-3-6-9/h1-3,5-6,10H,4,7-8H2,(H,19,20)(H,16,17,18). The highest BCUT2D eigenvalue weighted by Gasteiger charge is 2.26. The number of aromatic carboxylic acids is 1. The van der Waals surface area contributed by atoms with E-state index in [2.05, 4.69) is 10.3 Å².